The van der Waals surface area contributed by atoms with Gasteiger partial charge in [-0.05, 0) is 35.6 Å². The van der Waals surface area contributed by atoms with Gasteiger partial charge in [0.2, 0.25) is 5.95 Å². The van der Waals surface area contributed by atoms with E-state index in [2.05, 4.69) is 15.3 Å². The van der Waals surface area contributed by atoms with E-state index in [1.165, 1.54) is 6.07 Å². The van der Waals surface area contributed by atoms with Gasteiger partial charge in [-0.3, -0.25) is 0 Å². The van der Waals surface area contributed by atoms with Crippen LogP contribution in [-0.4, -0.2) is 15.1 Å². The minimum Gasteiger partial charge on any atom is -0.423 e. The third-order valence-corrected chi connectivity index (χ3v) is 5.60. The molecular formula is C24H25N3O3. The van der Waals surface area contributed by atoms with Gasteiger partial charge in [-0.2, -0.15) is 0 Å². The van der Waals surface area contributed by atoms with Crippen molar-refractivity contribution in [1.29, 1.82) is 0 Å². The summed E-state index contributed by atoms with van der Waals surface area (Å²) in [4.78, 5) is 19.6. The number of rotatable bonds is 7. The zero-order chi connectivity index (χ0) is 21.1. The Morgan fingerprint density at radius 3 is 2.60 bits per heavy atom. The summed E-state index contributed by atoms with van der Waals surface area (Å²) in [6.07, 6.45) is 2.89. The topological polar surface area (TPSA) is 91.2 Å². The second-order valence-corrected chi connectivity index (χ2v) is 7.41. The summed E-state index contributed by atoms with van der Waals surface area (Å²) < 4.78 is 5.45. The Labute approximate surface area is 174 Å². The minimum absolute atomic E-state index is 0.374. The zero-order valence-corrected chi connectivity index (χ0v) is 17.1. The van der Waals surface area contributed by atoms with E-state index >= 15 is 0 Å². The van der Waals surface area contributed by atoms with E-state index in [0.717, 1.165) is 22.1 Å². The molecule has 0 aliphatic heterocycles. The molecule has 30 heavy (non-hydrogen) atoms. The summed E-state index contributed by atoms with van der Waals surface area (Å²) in [5.41, 5.74) is 2.77. The van der Waals surface area contributed by atoms with Crippen LogP contribution in [-0.2, 0) is 12.1 Å². The monoisotopic (exact) mass is 403 g/mol. The molecular weight excluding hydrogens is 378 g/mol. The van der Waals surface area contributed by atoms with E-state index in [9.17, 15) is 9.90 Å². The number of aliphatic hydroxyl groups is 1. The van der Waals surface area contributed by atoms with E-state index < -0.39 is 5.60 Å². The third-order valence-electron chi connectivity index (χ3n) is 5.60. The highest BCUT2D eigenvalue weighted by Crippen LogP contribution is 2.29. The Morgan fingerprint density at radius 1 is 1.10 bits per heavy atom. The maximum Gasteiger partial charge on any atom is 0.336 e. The molecule has 0 bridgehead atoms. The van der Waals surface area contributed by atoms with Gasteiger partial charge in [-0.15, -0.1) is 0 Å². The number of aromatic amines is 1. The molecule has 3 N–H and O–H groups in total. The summed E-state index contributed by atoms with van der Waals surface area (Å²) in [7, 11) is 0. The largest absolute Gasteiger partial charge is 0.423 e. The molecule has 4 rings (SSSR count). The molecule has 0 unspecified atom stereocenters. The second-order valence-electron chi connectivity index (χ2n) is 7.41. The van der Waals surface area contributed by atoms with Crippen molar-refractivity contribution >= 4 is 16.9 Å². The molecule has 4 aromatic rings. The summed E-state index contributed by atoms with van der Waals surface area (Å²) in [5, 5.41) is 14.7. The van der Waals surface area contributed by atoms with Gasteiger partial charge in [0.15, 0.2) is 0 Å². The molecule has 0 saturated carbocycles. The summed E-state index contributed by atoms with van der Waals surface area (Å²) in [6, 6.07) is 17.2. The second kappa shape index (κ2) is 8.16. The third kappa shape index (κ3) is 3.86. The molecule has 6 nitrogen and oxygen atoms in total. The highest BCUT2D eigenvalue weighted by atomic mass is 16.4. The number of imidazole rings is 1. The predicted octanol–water partition coefficient (Wildman–Crippen LogP) is 4.80. The summed E-state index contributed by atoms with van der Waals surface area (Å²) in [6.45, 7) is 4.40. The zero-order valence-electron chi connectivity index (χ0n) is 17.1. The fraction of sp³-hybridized carbons (Fsp3) is 0.250. The molecule has 6 heteroatoms. The van der Waals surface area contributed by atoms with Gasteiger partial charge >= 0.3 is 5.63 Å². The molecule has 0 saturated heterocycles. The smallest absolute Gasteiger partial charge is 0.336 e. The van der Waals surface area contributed by atoms with Crippen molar-refractivity contribution in [2.24, 2.45) is 0 Å². The first-order valence-corrected chi connectivity index (χ1v) is 10.2. The molecule has 0 atom stereocenters. The lowest BCUT2D eigenvalue weighted by Crippen LogP contribution is -2.23. The van der Waals surface area contributed by atoms with Crippen LogP contribution in [0.15, 0.2) is 70.0 Å². The lowest BCUT2D eigenvalue weighted by molar-refractivity contribution is 0.0245. The van der Waals surface area contributed by atoms with Crippen molar-refractivity contribution in [2.75, 3.05) is 5.32 Å². The molecule has 0 aliphatic carbocycles. The average molecular weight is 403 g/mol. The van der Waals surface area contributed by atoms with Crippen LogP contribution in [0.5, 0.6) is 0 Å². The fourth-order valence-electron chi connectivity index (χ4n) is 3.64. The van der Waals surface area contributed by atoms with E-state index in [1.807, 2.05) is 62.4 Å². The standard InChI is InChI=1S/C24H25N3O3/c1-3-24(29,4-2)21-15-26-23(27-21)25-14-16-10-11-18-19(17-8-6-5-7-9-17)13-22(28)30-20(18)12-16/h5-13,15,29H,3-4,14H2,1-2H3,(H2,25,26,27). The number of anilines is 1. The number of aromatic nitrogens is 2. The van der Waals surface area contributed by atoms with Crippen molar-refractivity contribution in [2.45, 2.75) is 38.8 Å². The van der Waals surface area contributed by atoms with Crippen molar-refractivity contribution < 1.29 is 9.52 Å². The van der Waals surface area contributed by atoms with Crippen LogP contribution in [0.1, 0.15) is 37.9 Å². The number of H-pyrrole nitrogens is 1. The highest BCUT2D eigenvalue weighted by Gasteiger charge is 2.27. The normalized spacial score (nSPS) is 11.7. The number of nitrogens with zero attached hydrogens (tertiary/aromatic N) is 1. The average Bonchev–Trinajstić information content (AvgIpc) is 3.26. The Hall–Kier alpha value is -3.38. The number of hydrogen-bond acceptors (Lipinski definition) is 5. The van der Waals surface area contributed by atoms with Crippen molar-refractivity contribution in [1.82, 2.24) is 9.97 Å². The van der Waals surface area contributed by atoms with Crippen LogP contribution in [0.25, 0.3) is 22.1 Å². The number of hydrogen-bond donors (Lipinski definition) is 3. The van der Waals surface area contributed by atoms with Crippen molar-refractivity contribution in [3.8, 4) is 11.1 Å². The molecule has 2 heterocycles. The number of benzene rings is 2. The molecule has 0 radical (unpaired) electrons. The minimum atomic E-state index is -0.896. The van der Waals surface area contributed by atoms with Gasteiger partial charge in [-0.1, -0.05) is 56.3 Å². The lowest BCUT2D eigenvalue weighted by Gasteiger charge is -2.23. The lowest BCUT2D eigenvalue weighted by atomic mass is 9.94. The molecule has 2 aromatic carbocycles. The Bertz CT molecular complexity index is 1210. The SMILES string of the molecule is CCC(O)(CC)c1cnc(NCc2ccc3c(-c4ccccc4)cc(=O)oc3c2)[nH]1. The Kier molecular flexibility index (Phi) is 5.42. The van der Waals surface area contributed by atoms with Gasteiger partial charge in [0.1, 0.15) is 11.2 Å². The van der Waals surface area contributed by atoms with E-state index in [1.54, 1.807) is 6.20 Å². The maximum atomic E-state index is 12.1. The first-order chi connectivity index (χ1) is 14.5. The molecule has 2 aromatic heterocycles. The maximum absolute atomic E-state index is 12.1. The van der Waals surface area contributed by atoms with Crippen LogP contribution < -0.4 is 10.9 Å². The fourth-order valence-corrected chi connectivity index (χ4v) is 3.64. The highest BCUT2D eigenvalue weighted by molar-refractivity contribution is 5.93. The first-order valence-electron chi connectivity index (χ1n) is 10.2. The van der Waals surface area contributed by atoms with Crippen LogP contribution >= 0.6 is 0 Å². The van der Waals surface area contributed by atoms with E-state index in [4.69, 9.17) is 4.42 Å². The quantitative estimate of drug-likeness (QED) is 0.386. The summed E-state index contributed by atoms with van der Waals surface area (Å²) in [5.74, 6) is 0.588. The molecule has 0 aliphatic rings. The van der Waals surface area contributed by atoms with Gasteiger partial charge < -0.3 is 19.8 Å². The number of fused-ring (bicyclic) bond motifs is 1. The molecule has 154 valence electrons. The van der Waals surface area contributed by atoms with Gasteiger partial charge in [0.25, 0.3) is 0 Å². The Balaban J connectivity index is 1.58. The van der Waals surface area contributed by atoms with Gasteiger partial charge in [-0.25, -0.2) is 9.78 Å². The Morgan fingerprint density at radius 2 is 1.87 bits per heavy atom. The van der Waals surface area contributed by atoms with Gasteiger partial charge in [0, 0.05) is 18.0 Å². The predicted molar refractivity (Wildman–Crippen MR) is 118 cm³/mol. The van der Waals surface area contributed by atoms with Crippen molar-refractivity contribution in [3.63, 3.8) is 0 Å². The van der Waals surface area contributed by atoms with Crippen molar-refractivity contribution in [3.05, 3.63) is 82.5 Å². The van der Waals surface area contributed by atoms with E-state index in [-0.39, 0.29) is 5.63 Å². The van der Waals surface area contributed by atoms with E-state index in [0.29, 0.717) is 36.6 Å². The van der Waals surface area contributed by atoms with Crippen LogP contribution in [0.4, 0.5) is 5.95 Å². The molecule has 0 fully saturated rings. The first kappa shape index (κ1) is 19.9. The molecule has 0 spiro atoms. The van der Waals surface area contributed by atoms with Gasteiger partial charge in [0.05, 0.1) is 11.9 Å². The van der Waals surface area contributed by atoms with Crippen LogP contribution in [0, 0.1) is 0 Å². The molecule has 0 amide bonds. The van der Waals surface area contributed by atoms with Crippen LogP contribution in [0.2, 0.25) is 0 Å². The number of nitrogens with one attached hydrogen (secondary N) is 2. The van der Waals surface area contributed by atoms with Crippen LogP contribution in [0.3, 0.4) is 0 Å². The summed E-state index contributed by atoms with van der Waals surface area (Å²) >= 11 is 0.